The largest absolute Gasteiger partial charge is 0.329 e. The SMILES string of the molecule is Cc1c(SCl)ncn(CC(=O)N2CC(F)(F)C2)c1=O. The lowest BCUT2D eigenvalue weighted by Gasteiger charge is -2.38. The van der Waals surface area contributed by atoms with Crippen molar-refractivity contribution in [1.29, 1.82) is 0 Å². The van der Waals surface area contributed by atoms with Gasteiger partial charge in [-0.2, -0.15) is 0 Å². The first-order chi connectivity index (χ1) is 8.84. The summed E-state index contributed by atoms with van der Waals surface area (Å²) in [5, 5.41) is 0.367. The molecule has 1 fully saturated rings. The van der Waals surface area contributed by atoms with Crippen molar-refractivity contribution in [2.24, 2.45) is 0 Å². The molecule has 0 aromatic carbocycles. The average Bonchev–Trinajstić information content (AvgIpc) is 2.32. The van der Waals surface area contributed by atoms with Gasteiger partial charge in [0.2, 0.25) is 5.91 Å². The van der Waals surface area contributed by atoms with Gasteiger partial charge in [0.25, 0.3) is 11.5 Å². The molecular formula is C10H10ClF2N3O2S. The van der Waals surface area contributed by atoms with Crippen LogP contribution in [-0.4, -0.2) is 39.4 Å². The fraction of sp³-hybridized carbons (Fsp3) is 0.500. The highest BCUT2D eigenvalue weighted by Crippen LogP contribution is 2.26. The number of nitrogens with zero attached hydrogens (tertiary/aromatic N) is 3. The van der Waals surface area contributed by atoms with Gasteiger partial charge in [-0.1, -0.05) is 0 Å². The summed E-state index contributed by atoms with van der Waals surface area (Å²) >= 11 is 0. The summed E-state index contributed by atoms with van der Waals surface area (Å²) in [5.74, 6) is -3.34. The Morgan fingerprint density at radius 1 is 1.58 bits per heavy atom. The summed E-state index contributed by atoms with van der Waals surface area (Å²) in [6.07, 6.45) is 1.19. The molecule has 1 aliphatic rings. The van der Waals surface area contributed by atoms with Gasteiger partial charge in [0, 0.05) is 16.5 Å². The highest BCUT2D eigenvalue weighted by Gasteiger charge is 2.46. The van der Waals surface area contributed by atoms with Crippen LogP contribution < -0.4 is 5.56 Å². The van der Waals surface area contributed by atoms with Crippen molar-refractivity contribution >= 4 is 27.6 Å². The number of halogens is 3. The molecule has 0 bridgehead atoms. The minimum atomic E-state index is -2.81. The molecule has 1 aromatic heterocycles. The molecule has 0 saturated carbocycles. The molecule has 0 N–H and O–H groups in total. The first-order valence-corrected chi connectivity index (χ1v) is 6.98. The summed E-state index contributed by atoms with van der Waals surface area (Å²) in [4.78, 5) is 28.5. The molecule has 0 unspecified atom stereocenters. The Bertz CT molecular complexity index is 570. The molecule has 1 aliphatic heterocycles. The van der Waals surface area contributed by atoms with Crippen LogP contribution in [0.5, 0.6) is 0 Å². The zero-order valence-corrected chi connectivity index (χ0v) is 11.5. The van der Waals surface area contributed by atoms with Crippen LogP contribution in [-0.2, 0) is 11.3 Å². The van der Waals surface area contributed by atoms with E-state index in [1.54, 1.807) is 6.92 Å². The Hall–Kier alpha value is -1.15. The molecule has 1 saturated heterocycles. The predicted molar refractivity (Wildman–Crippen MR) is 66.5 cm³/mol. The van der Waals surface area contributed by atoms with E-state index in [0.717, 1.165) is 20.4 Å². The topological polar surface area (TPSA) is 55.2 Å². The molecule has 104 valence electrons. The van der Waals surface area contributed by atoms with Crippen LogP contribution in [0.15, 0.2) is 16.1 Å². The standard InChI is InChI=1S/C10H10ClF2N3O2S/c1-6-8(19-11)14-5-15(9(6)18)2-7(17)16-3-10(12,13)4-16/h5H,2-4H2,1H3. The molecule has 1 amide bonds. The van der Waals surface area contributed by atoms with E-state index in [2.05, 4.69) is 4.98 Å². The summed E-state index contributed by atoms with van der Waals surface area (Å²) in [7, 11) is 6.34. The molecule has 0 spiro atoms. The van der Waals surface area contributed by atoms with Crippen LogP contribution in [0.1, 0.15) is 5.56 Å². The Morgan fingerprint density at radius 2 is 2.21 bits per heavy atom. The van der Waals surface area contributed by atoms with Crippen LogP contribution in [0.3, 0.4) is 0 Å². The van der Waals surface area contributed by atoms with E-state index >= 15 is 0 Å². The minimum absolute atomic E-state index is 0.296. The maximum absolute atomic E-state index is 12.6. The molecular weight excluding hydrogens is 300 g/mol. The zero-order chi connectivity index (χ0) is 14.2. The van der Waals surface area contributed by atoms with Gasteiger partial charge in [-0.05, 0) is 17.6 Å². The molecule has 9 heteroatoms. The number of rotatable bonds is 3. The Morgan fingerprint density at radius 3 is 2.74 bits per heavy atom. The lowest BCUT2D eigenvalue weighted by atomic mass is 10.1. The lowest BCUT2D eigenvalue weighted by Crippen LogP contribution is -2.59. The molecule has 19 heavy (non-hydrogen) atoms. The second-order valence-electron chi connectivity index (χ2n) is 4.29. The first-order valence-electron chi connectivity index (χ1n) is 5.34. The van der Waals surface area contributed by atoms with Crippen LogP contribution >= 0.6 is 21.7 Å². The fourth-order valence-corrected chi connectivity index (χ4v) is 2.46. The van der Waals surface area contributed by atoms with Crippen LogP contribution in [0.25, 0.3) is 0 Å². The van der Waals surface area contributed by atoms with Crippen LogP contribution in [0, 0.1) is 6.92 Å². The number of likely N-dealkylation sites (tertiary alicyclic amines) is 1. The van der Waals surface area contributed by atoms with Gasteiger partial charge in [-0.15, -0.1) is 0 Å². The molecule has 2 heterocycles. The van der Waals surface area contributed by atoms with E-state index in [1.807, 2.05) is 0 Å². The second kappa shape index (κ2) is 5.09. The Labute approximate surface area is 116 Å². The fourth-order valence-electron chi connectivity index (χ4n) is 1.70. The number of aromatic nitrogens is 2. The third-order valence-corrected chi connectivity index (χ3v) is 3.79. The number of hydrogen-bond acceptors (Lipinski definition) is 4. The molecule has 1 aromatic rings. The van der Waals surface area contributed by atoms with Crippen molar-refractivity contribution in [2.75, 3.05) is 13.1 Å². The van der Waals surface area contributed by atoms with Crippen molar-refractivity contribution in [3.8, 4) is 0 Å². The summed E-state index contributed by atoms with van der Waals surface area (Å²) < 4.78 is 26.4. The van der Waals surface area contributed by atoms with E-state index in [-0.39, 0.29) is 6.54 Å². The predicted octanol–water partition coefficient (Wildman–Crippen LogP) is 1.28. The highest BCUT2D eigenvalue weighted by molar-refractivity contribution is 8.21. The van der Waals surface area contributed by atoms with E-state index in [9.17, 15) is 18.4 Å². The molecule has 0 radical (unpaired) electrons. The van der Waals surface area contributed by atoms with Crippen molar-refractivity contribution in [2.45, 2.75) is 24.4 Å². The maximum atomic E-state index is 12.6. The third-order valence-electron chi connectivity index (χ3n) is 2.79. The van der Waals surface area contributed by atoms with Crippen LogP contribution in [0.4, 0.5) is 8.78 Å². The maximum Gasteiger partial charge on any atom is 0.282 e. The number of alkyl halides is 2. The quantitative estimate of drug-likeness (QED) is 0.789. The first kappa shape index (κ1) is 14.3. The third kappa shape index (κ3) is 2.89. The van der Waals surface area contributed by atoms with Crippen molar-refractivity contribution in [3.05, 3.63) is 22.2 Å². The van der Waals surface area contributed by atoms with Gasteiger partial charge in [0.15, 0.2) is 0 Å². The van der Waals surface area contributed by atoms with Crippen molar-refractivity contribution in [3.63, 3.8) is 0 Å². The Balaban J connectivity index is 2.10. The second-order valence-corrected chi connectivity index (χ2v) is 5.29. The average molecular weight is 310 g/mol. The zero-order valence-electron chi connectivity index (χ0n) is 9.90. The molecule has 0 atom stereocenters. The number of carbonyl (C=O) groups excluding carboxylic acids is 1. The molecule has 2 rings (SSSR count). The van der Waals surface area contributed by atoms with E-state index in [4.69, 9.17) is 10.7 Å². The van der Waals surface area contributed by atoms with Crippen molar-refractivity contribution < 1.29 is 13.6 Å². The van der Waals surface area contributed by atoms with Gasteiger partial charge in [-0.25, -0.2) is 13.8 Å². The number of carbonyl (C=O) groups is 1. The van der Waals surface area contributed by atoms with Crippen molar-refractivity contribution in [1.82, 2.24) is 14.5 Å². The lowest BCUT2D eigenvalue weighted by molar-refractivity contribution is -0.166. The van der Waals surface area contributed by atoms with Gasteiger partial charge < -0.3 is 4.90 Å². The monoisotopic (exact) mass is 309 g/mol. The van der Waals surface area contributed by atoms with Gasteiger partial charge in [0.05, 0.1) is 19.4 Å². The van der Waals surface area contributed by atoms with Gasteiger partial charge in [0.1, 0.15) is 11.6 Å². The normalized spacial score (nSPS) is 17.2. The summed E-state index contributed by atoms with van der Waals surface area (Å²) in [6, 6.07) is 0. The minimum Gasteiger partial charge on any atom is -0.329 e. The highest BCUT2D eigenvalue weighted by atomic mass is 35.7. The van der Waals surface area contributed by atoms with E-state index < -0.39 is 30.5 Å². The Kier molecular flexibility index (Phi) is 3.82. The van der Waals surface area contributed by atoms with Crippen LogP contribution in [0.2, 0.25) is 0 Å². The number of amides is 1. The number of hydrogen-bond donors (Lipinski definition) is 0. The van der Waals surface area contributed by atoms with Gasteiger partial charge in [-0.3, -0.25) is 14.2 Å². The smallest absolute Gasteiger partial charge is 0.282 e. The van der Waals surface area contributed by atoms with Gasteiger partial charge >= 0.3 is 0 Å². The van der Waals surface area contributed by atoms with E-state index in [1.165, 1.54) is 6.33 Å². The molecule has 5 nitrogen and oxygen atoms in total. The van der Waals surface area contributed by atoms with E-state index in [0.29, 0.717) is 10.6 Å². The summed E-state index contributed by atoms with van der Waals surface area (Å²) in [6.45, 7) is 0.0556. The summed E-state index contributed by atoms with van der Waals surface area (Å²) in [5.41, 5.74) is -0.0805. The molecule has 0 aliphatic carbocycles.